The molecule has 2 aromatic carbocycles. The summed E-state index contributed by atoms with van der Waals surface area (Å²) in [6.07, 6.45) is -2.84. The number of benzene rings is 2. The van der Waals surface area contributed by atoms with Crippen molar-refractivity contribution in [1.29, 1.82) is 0 Å². The predicted octanol–water partition coefficient (Wildman–Crippen LogP) is 3.04. The van der Waals surface area contributed by atoms with Crippen molar-refractivity contribution in [2.45, 2.75) is 57.8 Å². The first kappa shape index (κ1) is 26.6. The van der Waals surface area contributed by atoms with Crippen molar-refractivity contribution in [3.05, 3.63) is 65.7 Å². The highest BCUT2D eigenvalue weighted by Gasteiger charge is 2.32. The highest BCUT2D eigenvalue weighted by atomic mass is 16.6. The lowest BCUT2D eigenvalue weighted by Gasteiger charge is -2.31. The molecule has 8 heteroatoms. The first-order valence-corrected chi connectivity index (χ1v) is 10.9. The number of aliphatic hydroxyl groups is 2. The minimum absolute atomic E-state index is 0.0296. The molecule has 0 bridgehead atoms. The van der Waals surface area contributed by atoms with Gasteiger partial charge < -0.3 is 34.5 Å². The van der Waals surface area contributed by atoms with Gasteiger partial charge in [0.05, 0.1) is 39.6 Å². The minimum Gasteiger partial charge on any atom is -0.497 e. The first-order valence-electron chi connectivity index (χ1n) is 10.9. The smallest absolute Gasteiger partial charge is 0.408 e. The monoisotopic (exact) mass is 461 g/mol. The second-order valence-corrected chi connectivity index (χ2v) is 8.63. The highest BCUT2D eigenvalue weighted by molar-refractivity contribution is 5.68. The SMILES string of the molecule is COc1ccc(COC[C@H](NC(=O)OC(C)(C)C)[C@H](OCc2ccccc2)[C@H](O)CO)cc1. The second-order valence-electron chi connectivity index (χ2n) is 8.63. The number of nitrogens with one attached hydrogen (secondary N) is 1. The molecule has 0 aliphatic rings. The molecule has 3 N–H and O–H groups in total. The summed E-state index contributed by atoms with van der Waals surface area (Å²) in [6.45, 7) is 5.23. The molecule has 0 heterocycles. The zero-order chi connectivity index (χ0) is 24.3. The van der Waals surface area contributed by atoms with Crippen LogP contribution >= 0.6 is 0 Å². The van der Waals surface area contributed by atoms with Gasteiger partial charge in [-0.05, 0) is 44.0 Å². The van der Waals surface area contributed by atoms with E-state index in [4.69, 9.17) is 18.9 Å². The van der Waals surface area contributed by atoms with Crippen molar-refractivity contribution in [2.75, 3.05) is 20.3 Å². The van der Waals surface area contributed by atoms with Gasteiger partial charge >= 0.3 is 6.09 Å². The maximum atomic E-state index is 12.5. The fourth-order valence-electron chi connectivity index (χ4n) is 3.07. The molecule has 3 atom stereocenters. The minimum atomic E-state index is -1.24. The van der Waals surface area contributed by atoms with Gasteiger partial charge in [0.15, 0.2) is 0 Å². The van der Waals surface area contributed by atoms with Crippen LogP contribution in [0.2, 0.25) is 0 Å². The standard InChI is InChI=1S/C25H35NO7/c1-25(2,3)33-24(29)26-21(17-31-15-19-10-12-20(30-4)13-11-19)23(22(28)14-27)32-16-18-8-6-5-7-9-18/h5-13,21-23,27-28H,14-17H2,1-4H3,(H,26,29)/t21-,22+,23-/m0/s1. The molecule has 1 amide bonds. The van der Waals surface area contributed by atoms with E-state index in [-0.39, 0.29) is 19.8 Å². The summed E-state index contributed by atoms with van der Waals surface area (Å²) in [6, 6.07) is 16.1. The lowest BCUT2D eigenvalue weighted by molar-refractivity contribution is -0.0942. The Hall–Kier alpha value is -2.65. The van der Waals surface area contributed by atoms with E-state index in [0.717, 1.165) is 16.9 Å². The summed E-state index contributed by atoms with van der Waals surface area (Å²) in [5.74, 6) is 0.740. The largest absolute Gasteiger partial charge is 0.497 e. The zero-order valence-corrected chi connectivity index (χ0v) is 19.7. The van der Waals surface area contributed by atoms with E-state index >= 15 is 0 Å². The number of amides is 1. The average molecular weight is 462 g/mol. The van der Waals surface area contributed by atoms with Gasteiger partial charge in [-0.3, -0.25) is 0 Å². The summed E-state index contributed by atoms with van der Waals surface area (Å²) < 4.78 is 22.3. The molecule has 182 valence electrons. The molecule has 33 heavy (non-hydrogen) atoms. The Morgan fingerprint density at radius 2 is 1.64 bits per heavy atom. The number of methoxy groups -OCH3 is 1. The summed E-state index contributed by atoms with van der Waals surface area (Å²) in [4.78, 5) is 12.5. The van der Waals surface area contributed by atoms with Crippen LogP contribution in [0.5, 0.6) is 5.75 Å². The molecule has 0 saturated heterocycles. The number of carbonyl (C=O) groups is 1. The quantitative estimate of drug-likeness (QED) is 0.446. The van der Waals surface area contributed by atoms with Crippen molar-refractivity contribution >= 4 is 6.09 Å². The van der Waals surface area contributed by atoms with Gasteiger partial charge in [-0.1, -0.05) is 42.5 Å². The molecule has 2 rings (SSSR count). The molecule has 0 spiro atoms. The molecule has 0 aromatic heterocycles. The van der Waals surface area contributed by atoms with Crippen LogP contribution in [0, 0.1) is 0 Å². The van der Waals surface area contributed by atoms with Crippen LogP contribution in [0.1, 0.15) is 31.9 Å². The normalized spacial score (nSPS) is 14.2. The Kier molecular flexibility index (Phi) is 10.6. The van der Waals surface area contributed by atoms with Crippen LogP contribution in [0.3, 0.4) is 0 Å². The van der Waals surface area contributed by atoms with Gasteiger partial charge in [-0.2, -0.15) is 0 Å². The number of ether oxygens (including phenoxy) is 4. The van der Waals surface area contributed by atoms with Crippen molar-refractivity contribution in [2.24, 2.45) is 0 Å². The fraction of sp³-hybridized carbons (Fsp3) is 0.480. The van der Waals surface area contributed by atoms with Crippen molar-refractivity contribution < 1.29 is 34.0 Å². The Balaban J connectivity index is 2.10. The van der Waals surface area contributed by atoms with Gasteiger partial charge in [0.25, 0.3) is 0 Å². The van der Waals surface area contributed by atoms with Gasteiger partial charge in [-0.15, -0.1) is 0 Å². The van der Waals surface area contributed by atoms with E-state index in [1.807, 2.05) is 54.6 Å². The van der Waals surface area contributed by atoms with Gasteiger partial charge in [0.1, 0.15) is 23.6 Å². The maximum absolute atomic E-state index is 12.5. The lowest BCUT2D eigenvalue weighted by Crippen LogP contribution is -2.54. The van der Waals surface area contributed by atoms with Crippen LogP contribution in [0.4, 0.5) is 4.79 Å². The third-order valence-electron chi connectivity index (χ3n) is 4.68. The maximum Gasteiger partial charge on any atom is 0.408 e. The summed E-state index contributed by atoms with van der Waals surface area (Å²) in [7, 11) is 1.60. The highest BCUT2D eigenvalue weighted by Crippen LogP contribution is 2.15. The number of hydrogen-bond donors (Lipinski definition) is 3. The van der Waals surface area contributed by atoms with Crippen molar-refractivity contribution in [3.8, 4) is 5.75 Å². The Morgan fingerprint density at radius 3 is 2.21 bits per heavy atom. The summed E-state index contributed by atoms with van der Waals surface area (Å²) in [5.41, 5.74) is 1.10. The van der Waals surface area contributed by atoms with E-state index in [1.165, 1.54) is 0 Å². The Bertz CT molecular complexity index is 821. The third kappa shape index (κ3) is 9.79. The average Bonchev–Trinajstić information content (AvgIpc) is 2.78. The predicted molar refractivity (Wildman–Crippen MR) is 124 cm³/mol. The number of aliphatic hydroxyl groups excluding tert-OH is 2. The molecule has 0 saturated carbocycles. The van der Waals surface area contributed by atoms with Crippen molar-refractivity contribution in [3.63, 3.8) is 0 Å². The molecular formula is C25H35NO7. The molecule has 0 unspecified atom stereocenters. The fourth-order valence-corrected chi connectivity index (χ4v) is 3.07. The first-order chi connectivity index (χ1) is 15.7. The Labute approximate surface area is 195 Å². The second kappa shape index (κ2) is 13.2. The number of carbonyl (C=O) groups excluding carboxylic acids is 1. The lowest BCUT2D eigenvalue weighted by atomic mass is 10.1. The molecule has 2 aromatic rings. The van der Waals surface area contributed by atoms with E-state index in [1.54, 1.807) is 27.9 Å². The van der Waals surface area contributed by atoms with Crippen LogP contribution in [0.25, 0.3) is 0 Å². The van der Waals surface area contributed by atoms with Crippen molar-refractivity contribution in [1.82, 2.24) is 5.32 Å². The summed E-state index contributed by atoms with van der Waals surface area (Å²) in [5, 5.41) is 22.8. The van der Waals surface area contributed by atoms with Gasteiger partial charge in [0.2, 0.25) is 0 Å². The molecular weight excluding hydrogens is 426 g/mol. The van der Waals surface area contributed by atoms with Crippen LogP contribution in [0.15, 0.2) is 54.6 Å². The summed E-state index contributed by atoms with van der Waals surface area (Å²) >= 11 is 0. The van der Waals surface area contributed by atoms with E-state index in [0.29, 0.717) is 0 Å². The number of rotatable bonds is 12. The van der Waals surface area contributed by atoms with Gasteiger partial charge in [0, 0.05) is 0 Å². The topological polar surface area (TPSA) is 106 Å². The molecule has 0 aliphatic heterocycles. The molecule has 0 fully saturated rings. The van der Waals surface area contributed by atoms with E-state index < -0.39 is 36.6 Å². The van der Waals surface area contributed by atoms with Gasteiger partial charge in [-0.25, -0.2) is 4.79 Å². The zero-order valence-electron chi connectivity index (χ0n) is 19.7. The van der Waals surface area contributed by atoms with Crippen LogP contribution < -0.4 is 10.1 Å². The Morgan fingerprint density at radius 1 is 1.00 bits per heavy atom. The van der Waals surface area contributed by atoms with E-state index in [2.05, 4.69) is 5.32 Å². The number of alkyl carbamates (subject to hydrolysis) is 1. The van der Waals surface area contributed by atoms with Crippen LogP contribution in [-0.2, 0) is 27.4 Å². The molecule has 0 radical (unpaired) electrons. The van der Waals surface area contributed by atoms with Crippen LogP contribution in [-0.4, -0.2) is 60.5 Å². The molecule has 8 nitrogen and oxygen atoms in total. The number of hydrogen-bond acceptors (Lipinski definition) is 7. The molecule has 0 aliphatic carbocycles. The van der Waals surface area contributed by atoms with E-state index in [9.17, 15) is 15.0 Å². The third-order valence-corrected chi connectivity index (χ3v) is 4.68.